The predicted molar refractivity (Wildman–Crippen MR) is 66.4 cm³/mol. The van der Waals surface area contributed by atoms with Crippen molar-refractivity contribution in [3.05, 3.63) is 47.8 Å². The summed E-state index contributed by atoms with van der Waals surface area (Å²) in [5.74, 6) is -6.29. The summed E-state index contributed by atoms with van der Waals surface area (Å²) in [6.45, 7) is -0.0667. The minimum atomic E-state index is -1.74. The number of anilines is 2. The smallest absolute Gasteiger partial charge is 0.253 e. The Morgan fingerprint density at radius 3 is 2.10 bits per heavy atom. The molecule has 1 heterocycles. The van der Waals surface area contributed by atoms with Gasteiger partial charge < -0.3 is 15.2 Å². The van der Waals surface area contributed by atoms with Crippen LogP contribution in [-0.4, -0.2) is 23.3 Å². The van der Waals surface area contributed by atoms with Gasteiger partial charge in [-0.2, -0.15) is 22.5 Å². The van der Waals surface area contributed by atoms with Crippen LogP contribution in [0.25, 0.3) is 0 Å². The van der Waals surface area contributed by atoms with Gasteiger partial charge in [-0.15, -0.1) is 0 Å². The number of aliphatic hydroxyl groups excluding tert-OH is 1. The molecule has 0 atom stereocenters. The zero-order chi connectivity index (χ0) is 15.4. The number of aliphatic hydroxyl groups is 1. The van der Waals surface area contributed by atoms with Crippen LogP contribution in [0.15, 0.2) is 24.3 Å². The zero-order valence-corrected chi connectivity index (χ0v) is 10.5. The van der Waals surface area contributed by atoms with Crippen LogP contribution in [0.5, 0.6) is 5.75 Å². The summed E-state index contributed by atoms with van der Waals surface area (Å²) in [6.07, 6.45) is 0. The lowest BCUT2D eigenvalue weighted by Crippen LogP contribution is -2.06. The summed E-state index contributed by atoms with van der Waals surface area (Å²) < 4.78 is 57.8. The number of nitrogens with zero attached hydrogens (tertiary/aromatic N) is 1. The molecule has 1 aromatic carbocycles. The summed E-state index contributed by atoms with van der Waals surface area (Å²) in [4.78, 5) is 2.46. The third-order valence-corrected chi connectivity index (χ3v) is 2.48. The van der Waals surface area contributed by atoms with E-state index in [0.717, 1.165) is 0 Å². The molecule has 0 fully saturated rings. The first-order valence-electron chi connectivity index (χ1n) is 5.83. The van der Waals surface area contributed by atoms with E-state index in [0.29, 0.717) is 5.75 Å². The van der Waals surface area contributed by atoms with Crippen molar-refractivity contribution in [2.24, 2.45) is 0 Å². The molecule has 0 unspecified atom stereocenters. The lowest BCUT2D eigenvalue weighted by molar-refractivity contribution is 0.201. The highest BCUT2D eigenvalue weighted by atomic mass is 19.2. The van der Waals surface area contributed by atoms with Crippen molar-refractivity contribution in [2.45, 2.75) is 0 Å². The molecular formula is C13H10F4N2O2. The lowest BCUT2D eigenvalue weighted by atomic mass is 10.2. The fourth-order valence-corrected chi connectivity index (χ4v) is 1.54. The van der Waals surface area contributed by atoms with E-state index in [-0.39, 0.29) is 18.9 Å². The van der Waals surface area contributed by atoms with E-state index < -0.39 is 29.2 Å². The molecule has 2 rings (SSSR count). The fourth-order valence-electron chi connectivity index (χ4n) is 1.54. The average Bonchev–Trinajstić information content (AvgIpc) is 2.49. The first kappa shape index (κ1) is 15.0. The largest absolute Gasteiger partial charge is 0.491 e. The second-order valence-corrected chi connectivity index (χ2v) is 3.92. The van der Waals surface area contributed by atoms with Gasteiger partial charge in [-0.25, -0.2) is 0 Å². The van der Waals surface area contributed by atoms with E-state index in [4.69, 9.17) is 9.84 Å². The molecule has 0 spiro atoms. The Morgan fingerprint density at radius 2 is 1.57 bits per heavy atom. The standard InChI is InChI=1S/C13H10F4N2O2/c14-9-11(10(15)13(17)19-12(9)16)18-7-1-3-8(4-2-7)21-6-5-20/h1-4,20H,5-6H2,(H,18,19). The monoisotopic (exact) mass is 302 g/mol. The van der Waals surface area contributed by atoms with Crippen LogP contribution in [0.4, 0.5) is 28.9 Å². The van der Waals surface area contributed by atoms with Crippen molar-refractivity contribution in [1.29, 1.82) is 0 Å². The minimum absolute atomic E-state index is 0.0941. The summed E-state index contributed by atoms with van der Waals surface area (Å²) in [5, 5.41) is 10.8. The Labute approximate surface area is 117 Å². The molecule has 8 heteroatoms. The number of ether oxygens (including phenoxy) is 1. The van der Waals surface area contributed by atoms with Gasteiger partial charge in [0.2, 0.25) is 11.6 Å². The molecule has 0 saturated carbocycles. The van der Waals surface area contributed by atoms with Gasteiger partial charge in [0.1, 0.15) is 18.0 Å². The summed E-state index contributed by atoms with van der Waals surface area (Å²) in [7, 11) is 0. The van der Waals surface area contributed by atoms with Crippen molar-refractivity contribution in [2.75, 3.05) is 18.5 Å². The van der Waals surface area contributed by atoms with Gasteiger partial charge in [0.15, 0.2) is 0 Å². The van der Waals surface area contributed by atoms with E-state index in [9.17, 15) is 17.6 Å². The maximum absolute atomic E-state index is 13.4. The van der Waals surface area contributed by atoms with Crippen molar-refractivity contribution in [3.63, 3.8) is 0 Å². The number of rotatable bonds is 5. The van der Waals surface area contributed by atoms with E-state index in [1.807, 2.05) is 0 Å². The van der Waals surface area contributed by atoms with Gasteiger partial charge in [-0.05, 0) is 24.3 Å². The molecule has 0 aliphatic heterocycles. The Morgan fingerprint density at radius 1 is 1.00 bits per heavy atom. The first-order chi connectivity index (χ1) is 10.0. The third-order valence-electron chi connectivity index (χ3n) is 2.48. The topological polar surface area (TPSA) is 54.4 Å². The molecule has 0 amide bonds. The van der Waals surface area contributed by atoms with E-state index in [1.54, 1.807) is 0 Å². The van der Waals surface area contributed by atoms with Gasteiger partial charge in [-0.3, -0.25) is 0 Å². The highest BCUT2D eigenvalue weighted by molar-refractivity contribution is 5.61. The molecule has 2 N–H and O–H groups in total. The Kier molecular flexibility index (Phi) is 4.59. The number of halogens is 4. The number of pyridine rings is 1. The maximum atomic E-state index is 13.4. The Hall–Kier alpha value is -2.35. The molecule has 0 saturated heterocycles. The molecule has 112 valence electrons. The number of hydrogen-bond acceptors (Lipinski definition) is 4. The van der Waals surface area contributed by atoms with Crippen LogP contribution in [0, 0.1) is 23.5 Å². The third kappa shape index (κ3) is 3.40. The molecule has 0 bridgehead atoms. The average molecular weight is 302 g/mol. The molecule has 1 aromatic heterocycles. The van der Waals surface area contributed by atoms with Crippen molar-refractivity contribution in [3.8, 4) is 5.75 Å². The van der Waals surface area contributed by atoms with Crippen LogP contribution in [0.3, 0.4) is 0 Å². The van der Waals surface area contributed by atoms with Gasteiger partial charge >= 0.3 is 0 Å². The summed E-state index contributed by atoms with van der Waals surface area (Å²) in [6, 6.07) is 5.70. The molecular weight excluding hydrogens is 292 g/mol. The van der Waals surface area contributed by atoms with E-state index in [2.05, 4.69) is 10.3 Å². The van der Waals surface area contributed by atoms with Crippen LogP contribution in [0.2, 0.25) is 0 Å². The van der Waals surface area contributed by atoms with Crippen LogP contribution < -0.4 is 10.1 Å². The number of hydrogen-bond donors (Lipinski definition) is 2. The second kappa shape index (κ2) is 6.40. The van der Waals surface area contributed by atoms with Gasteiger partial charge in [0, 0.05) is 5.69 Å². The predicted octanol–water partition coefficient (Wildman–Crippen LogP) is 2.75. The van der Waals surface area contributed by atoms with Gasteiger partial charge in [-0.1, -0.05) is 0 Å². The number of aromatic nitrogens is 1. The SMILES string of the molecule is OCCOc1ccc(Nc2c(F)c(F)nc(F)c2F)cc1. The molecule has 0 radical (unpaired) electrons. The van der Waals surface area contributed by atoms with Crippen LogP contribution in [-0.2, 0) is 0 Å². The maximum Gasteiger partial charge on any atom is 0.253 e. The lowest BCUT2D eigenvalue weighted by Gasteiger charge is -2.10. The van der Waals surface area contributed by atoms with Gasteiger partial charge in [0.05, 0.1) is 6.61 Å². The van der Waals surface area contributed by atoms with Crippen molar-refractivity contribution < 1.29 is 27.4 Å². The molecule has 4 nitrogen and oxygen atoms in total. The molecule has 0 aliphatic rings. The van der Waals surface area contributed by atoms with Crippen LogP contribution >= 0.6 is 0 Å². The summed E-state index contributed by atoms with van der Waals surface area (Å²) >= 11 is 0. The zero-order valence-electron chi connectivity index (χ0n) is 10.5. The fraction of sp³-hybridized carbons (Fsp3) is 0.154. The van der Waals surface area contributed by atoms with Gasteiger partial charge in [0.25, 0.3) is 11.9 Å². The first-order valence-corrected chi connectivity index (χ1v) is 5.83. The highest BCUT2D eigenvalue weighted by Gasteiger charge is 2.20. The Balaban J connectivity index is 2.22. The number of benzene rings is 1. The van der Waals surface area contributed by atoms with Crippen molar-refractivity contribution >= 4 is 11.4 Å². The van der Waals surface area contributed by atoms with Crippen molar-refractivity contribution in [1.82, 2.24) is 4.98 Å². The second-order valence-electron chi connectivity index (χ2n) is 3.92. The summed E-state index contributed by atoms with van der Waals surface area (Å²) in [5.41, 5.74) is -0.779. The van der Waals surface area contributed by atoms with E-state index in [1.165, 1.54) is 24.3 Å². The molecule has 21 heavy (non-hydrogen) atoms. The minimum Gasteiger partial charge on any atom is -0.491 e. The normalized spacial score (nSPS) is 10.5. The highest BCUT2D eigenvalue weighted by Crippen LogP contribution is 2.26. The number of nitrogens with one attached hydrogen (secondary N) is 1. The Bertz CT molecular complexity index is 609. The quantitative estimate of drug-likeness (QED) is 0.659. The van der Waals surface area contributed by atoms with Crippen LogP contribution in [0.1, 0.15) is 0 Å². The molecule has 0 aliphatic carbocycles. The molecule has 2 aromatic rings. The van der Waals surface area contributed by atoms with E-state index >= 15 is 0 Å².